The van der Waals surface area contributed by atoms with Crippen molar-refractivity contribution in [3.8, 4) is 5.75 Å². The number of aryl methyl sites for hydroxylation is 1. The number of carbonyl (C=O) groups is 3. The summed E-state index contributed by atoms with van der Waals surface area (Å²) in [6, 6.07) is 13.2. The zero-order valence-corrected chi connectivity index (χ0v) is 16.9. The molecule has 0 bridgehead atoms. The Labute approximate surface area is 173 Å². The van der Waals surface area contributed by atoms with Crippen molar-refractivity contribution in [1.29, 1.82) is 0 Å². The number of ether oxygens (including phenoxy) is 2. The maximum Gasteiger partial charge on any atom is 0.355 e. The van der Waals surface area contributed by atoms with E-state index in [0.29, 0.717) is 17.1 Å². The first-order valence-electron chi connectivity index (χ1n) is 9.60. The molecule has 2 aromatic rings. The van der Waals surface area contributed by atoms with Crippen LogP contribution in [0.1, 0.15) is 12.5 Å². The van der Waals surface area contributed by atoms with Crippen molar-refractivity contribution >= 4 is 34.9 Å². The predicted octanol–water partition coefficient (Wildman–Crippen LogP) is 2.30. The molecular weight excluding hydrogens is 386 g/mol. The second-order valence-electron chi connectivity index (χ2n) is 7.00. The van der Waals surface area contributed by atoms with Crippen LogP contribution in [0.3, 0.4) is 0 Å². The largest absolute Gasteiger partial charge is 0.495 e. The number of imide groups is 1. The summed E-state index contributed by atoms with van der Waals surface area (Å²) < 4.78 is 10.4. The quantitative estimate of drug-likeness (QED) is 0.558. The summed E-state index contributed by atoms with van der Waals surface area (Å²) in [6.45, 7) is 3.72. The van der Waals surface area contributed by atoms with Gasteiger partial charge in [0.25, 0.3) is 5.91 Å². The molecule has 2 atom stereocenters. The number of hydrogen-bond acceptors (Lipinski definition) is 7. The van der Waals surface area contributed by atoms with Crippen LogP contribution in [0, 0.1) is 12.8 Å². The average molecular weight is 407 g/mol. The first-order chi connectivity index (χ1) is 14.5. The highest BCUT2D eigenvalue weighted by molar-refractivity contribution is 6.47. The van der Waals surface area contributed by atoms with Gasteiger partial charge in [0.1, 0.15) is 17.7 Å². The zero-order chi connectivity index (χ0) is 21.4. The molecule has 154 valence electrons. The fourth-order valence-electron chi connectivity index (χ4n) is 3.82. The van der Waals surface area contributed by atoms with Gasteiger partial charge in [-0.1, -0.05) is 24.3 Å². The minimum absolute atomic E-state index is 0.0703. The van der Waals surface area contributed by atoms with E-state index < -0.39 is 29.7 Å². The van der Waals surface area contributed by atoms with E-state index in [1.165, 1.54) is 12.1 Å². The second kappa shape index (κ2) is 7.62. The fraction of sp³-hybridized carbons (Fsp3) is 0.273. The summed E-state index contributed by atoms with van der Waals surface area (Å²) >= 11 is 0. The van der Waals surface area contributed by atoms with Crippen molar-refractivity contribution in [3.63, 3.8) is 0 Å². The lowest BCUT2D eigenvalue weighted by molar-refractivity contribution is -0.136. The van der Waals surface area contributed by atoms with Crippen molar-refractivity contribution in [2.75, 3.05) is 23.6 Å². The summed E-state index contributed by atoms with van der Waals surface area (Å²) in [6.07, 6.45) is 0. The molecule has 8 heteroatoms. The molecule has 2 aliphatic heterocycles. The Morgan fingerprint density at radius 3 is 2.57 bits per heavy atom. The molecule has 0 aromatic heterocycles. The Balaban J connectivity index is 1.82. The molecule has 2 amide bonds. The highest BCUT2D eigenvalue weighted by Crippen LogP contribution is 2.40. The number of hydrazone groups is 1. The number of fused-ring (bicyclic) bond motifs is 1. The maximum absolute atomic E-state index is 13.4. The number of amides is 2. The topological polar surface area (TPSA) is 88.5 Å². The monoisotopic (exact) mass is 407 g/mol. The lowest BCUT2D eigenvalue weighted by atomic mass is 9.97. The minimum atomic E-state index is -1.05. The molecule has 0 spiro atoms. The van der Waals surface area contributed by atoms with Gasteiger partial charge in [0.05, 0.1) is 25.1 Å². The Hall–Kier alpha value is -3.68. The predicted molar refractivity (Wildman–Crippen MR) is 110 cm³/mol. The van der Waals surface area contributed by atoms with E-state index in [4.69, 9.17) is 9.47 Å². The number of esters is 1. The number of rotatable bonds is 5. The van der Waals surface area contributed by atoms with Crippen LogP contribution in [0.4, 0.5) is 11.4 Å². The highest BCUT2D eigenvalue weighted by Gasteiger charge is 2.59. The highest BCUT2D eigenvalue weighted by atomic mass is 16.5. The van der Waals surface area contributed by atoms with E-state index in [9.17, 15) is 14.4 Å². The van der Waals surface area contributed by atoms with Gasteiger partial charge in [-0.2, -0.15) is 5.10 Å². The van der Waals surface area contributed by atoms with Gasteiger partial charge in [-0.05, 0) is 43.7 Å². The fourth-order valence-corrected chi connectivity index (χ4v) is 3.82. The van der Waals surface area contributed by atoms with Gasteiger partial charge < -0.3 is 9.47 Å². The van der Waals surface area contributed by atoms with E-state index in [0.717, 1.165) is 10.5 Å². The van der Waals surface area contributed by atoms with Crippen molar-refractivity contribution < 1.29 is 23.9 Å². The molecule has 2 aliphatic rings. The van der Waals surface area contributed by atoms with Crippen LogP contribution in [0.5, 0.6) is 5.75 Å². The van der Waals surface area contributed by atoms with E-state index in [1.54, 1.807) is 37.3 Å². The number of carbonyl (C=O) groups excluding carboxylic acids is 3. The van der Waals surface area contributed by atoms with E-state index in [1.807, 2.05) is 25.1 Å². The van der Waals surface area contributed by atoms with Gasteiger partial charge >= 0.3 is 5.97 Å². The molecule has 0 saturated carbocycles. The Morgan fingerprint density at radius 2 is 1.87 bits per heavy atom. The van der Waals surface area contributed by atoms with Crippen LogP contribution in [0.25, 0.3) is 0 Å². The molecule has 2 heterocycles. The molecule has 0 N–H and O–H groups in total. The van der Waals surface area contributed by atoms with Crippen LogP contribution < -0.4 is 14.6 Å². The summed E-state index contributed by atoms with van der Waals surface area (Å²) in [4.78, 5) is 40.4. The Bertz CT molecular complexity index is 1060. The van der Waals surface area contributed by atoms with Crippen molar-refractivity contribution in [2.24, 2.45) is 11.0 Å². The molecule has 2 aromatic carbocycles. The standard InChI is InChI=1S/C22H21N3O5/c1-4-30-22(28)18-17-19(25(23-18)14-9-7-8-13(2)12-14)21(27)24(20(17)26)15-10-5-6-11-16(15)29-3/h5-12,17,19H,4H2,1-3H3/t17-,19-/m0/s1. The second-order valence-corrected chi connectivity index (χ2v) is 7.00. The molecule has 8 nitrogen and oxygen atoms in total. The summed E-state index contributed by atoms with van der Waals surface area (Å²) in [5.41, 5.74) is 1.84. The number of methoxy groups -OCH3 is 1. The molecule has 4 rings (SSSR count). The third kappa shape index (κ3) is 3.01. The number of benzene rings is 2. The third-order valence-corrected chi connectivity index (χ3v) is 5.13. The van der Waals surface area contributed by atoms with E-state index in [2.05, 4.69) is 5.10 Å². The van der Waals surface area contributed by atoms with Gasteiger partial charge in [0.15, 0.2) is 5.71 Å². The first-order valence-corrected chi connectivity index (χ1v) is 9.60. The molecule has 0 unspecified atom stereocenters. The van der Waals surface area contributed by atoms with E-state index in [-0.39, 0.29) is 12.3 Å². The Kier molecular flexibility index (Phi) is 4.99. The van der Waals surface area contributed by atoms with Crippen LogP contribution >= 0.6 is 0 Å². The average Bonchev–Trinajstić information content (AvgIpc) is 3.25. The minimum Gasteiger partial charge on any atom is -0.495 e. The smallest absolute Gasteiger partial charge is 0.355 e. The van der Waals surface area contributed by atoms with Crippen LogP contribution in [0.2, 0.25) is 0 Å². The maximum atomic E-state index is 13.4. The third-order valence-electron chi connectivity index (χ3n) is 5.13. The number of anilines is 2. The van der Waals surface area contributed by atoms with Crippen LogP contribution in [0.15, 0.2) is 53.6 Å². The summed E-state index contributed by atoms with van der Waals surface area (Å²) in [5, 5.41) is 5.79. The van der Waals surface area contributed by atoms with Crippen LogP contribution in [-0.4, -0.2) is 43.3 Å². The van der Waals surface area contributed by atoms with Crippen molar-refractivity contribution in [3.05, 3.63) is 54.1 Å². The number of para-hydroxylation sites is 2. The van der Waals surface area contributed by atoms with Gasteiger partial charge in [-0.15, -0.1) is 0 Å². The SMILES string of the molecule is CCOC(=O)C1=NN(c2cccc(C)c2)[C@@H]2C(=O)N(c3ccccc3OC)C(=O)[C@@H]12. The molecule has 0 radical (unpaired) electrons. The van der Waals surface area contributed by atoms with Gasteiger partial charge in [0.2, 0.25) is 5.91 Å². The normalized spacial score (nSPS) is 20.3. The van der Waals surface area contributed by atoms with Crippen molar-refractivity contribution in [1.82, 2.24) is 0 Å². The molecule has 1 fully saturated rings. The molecular formula is C22H21N3O5. The Morgan fingerprint density at radius 1 is 1.10 bits per heavy atom. The van der Waals surface area contributed by atoms with Gasteiger partial charge in [-0.25, -0.2) is 9.69 Å². The van der Waals surface area contributed by atoms with Crippen LogP contribution in [-0.2, 0) is 19.1 Å². The van der Waals surface area contributed by atoms with Crippen molar-refractivity contribution in [2.45, 2.75) is 19.9 Å². The number of nitrogens with zero attached hydrogens (tertiary/aromatic N) is 3. The summed E-state index contributed by atoms with van der Waals surface area (Å²) in [5.74, 6) is -2.38. The van der Waals surface area contributed by atoms with Gasteiger partial charge in [-0.3, -0.25) is 14.6 Å². The molecule has 30 heavy (non-hydrogen) atoms. The van der Waals surface area contributed by atoms with E-state index >= 15 is 0 Å². The first kappa shape index (κ1) is 19.6. The molecule has 1 saturated heterocycles. The zero-order valence-electron chi connectivity index (χ0n) is 16.9. The lowest BCUT2D eigenvalue weighted by Crippen LogP contribution is -2.39. The molecule has 0 aliphatic carbocycles. The summed E-state index contributed by atoms with van der Waals surface area (Å²) in [7, 11) is 1.47. The van der Waals surface area contributed by atoms with Gasteiger partial charge in [0, 0.05) is 0 Å². The number of hydrogen-bond donors (Lipinski definition) is 0. The lowest BCUT2D eigenvalue weighted by Gasteiger charge is -2.23.